The second kappa shape index (κ2) is 5.04. The zero-order chi connectivity index (χ0) is 14.9. The van der Waals surface area contributed by atoms with Crippen LogP contribution in [0.4, 0.5) is 11.4 Å². The molecule has 1 aliphatic heterocycles. The summed E-state index contributed by atoms with van der Waals surface area (Å²) in [5.41, 5.74) is 4.06. The normalized spacial score (nSPS) is 10.9. The molecule has 106 valence electrons. The Kier molecular flexibility index (Phi) is 2.90. The highest BCUT2D eigenvalue weighted by molar-refractivity contribution is 5.86. The summed E-state index contributed by atoms with van der Waals surface area (Å²) < 4.78 is 0. The van der Waals surface area contributed by atoms with E-state index < -0.39 is 0 Å². The number of fused-ring (bicyclic) bond motifs is 2. The monoisotopic (exact) mass is 286 g/mol. The lowest BCUT2D eigenvalue weighted by atomic mass is 10.0. The molecule has 0 radical (unpaired) electrons. The number of aromatic amines is 1. The second-order valence-corrected chi connectivity index (χ2v) is 5.25. The molecule has 1 heterocycles. The minimum atomic E-state index is 0.00311. The summed E-state index contributed by atoms with van der Waals surface area (Å²) in [5.74, 6) is 0. The van der Waals surface area contributed by atoms with Crippen LogP contribution in [0.15, 0.2) is 77.6 Å². The van der Waals surface area contributed by atoms with Crippen molar-refractivity contribution >= 4 is 22.3 Å². The Labute approximate surface area is 127 Å². The molecule has 0 bridgehead atoms. The van der Waals surface area contributed by atoms with Gasteiger partial charge in [-0.2, -0.15) is 0 Å². The first-order chi connectivity index (χ1) is 10.8. The van der Waals surface area contributed by atoms with Gasteiger partial charge in [0.1, 0.15) is 0 Å². The molecule has 2 aromatic rings. The number of pyridine rings is 1. The van der Waals surface area contributed by atoms with Crippen molar-refractivity contribution < 1.29 is 0 Å². The third-order valence-electron chi connectivity index (χ3n) is 3.78. The fourth-order valence-corrected chi connectivity index (χ4v) is 2.66. The largest absolute Gasteiger partial charge is 0.354 e. The van der Waals surface area contributed by atoms with E-state index in [0.717, 1.165) is 22.3 Å². The molecule has 0 unspecified atom stereocenters. The van der Waals surface area contributed by atoms with Crippen LogP contribution in [-0.4, -0.2) is 4.98 Å². The highest BCUT2D eigenvalue weighted by Gasteiger charge is 2.11. The van der Waals surface area contributed by atoms with Crippen molar-refractivity contribution in [3.05, 3.63) is 83.0 Å². The van der Waals surface area contributed by atoms with Crippen LogP contribution in [0, 0.1) is 0 Å². The van der Waals surface area contributed by atoms with Gasteiger partial charge in [0.15, 0.2) is 0 Å². The van der Waals surface area contributed by atoms with Gasteiger partial charge >= 0.3 is 0 Å². The van der Waals surface area contributed by atoms with Gasteiger partial charge in [0.2, 0.25) is 5.43 Å². The molecular formula is C19H14N2O. The molecule has 4 rings (SSSR count). The maximum Gasteiger partial charge on any atom is 0.211 e. The van der Waals surface area contributed by atoms with Gasteiger partial charge in [-0.05, 0) is 41.8 Å². The number of benzene rings is 3. The van der Waals surface area contributed by atoms with E-state index in [1.807, 2.05) is 72.8 Å². The molecule has 3 heteroatoms. The molecule has 2 aliphatic rings. The fraction of sp³-hybridized carbons (Fsp3) is 0. The number of nitrogens with one attached hydrogen (secondary N) is 2. The molecule has 0 aromatic heterocycles. The molecule has 2 N–H and O–H groups in total. The molecule has 3 nitrogen and oxygen atoms in total. The standard InChI is InChI=1S/C19H14N2O/c22-19-15-12-13-6-4-5-9-16(13)21-17(15)10-11-18(19)20-14-7-2-1-3-8-14/h1-12,20-21H. The quantitative estimate of drug-likeness (QED) is 0.537. The average Bonchev–Trinajstić information content (AvgIpc) is 2.57. The third kappa shape index (κ3) is 2.13. The second-order valence-electron chi connectivity index (χ2n) is 5.25. The summed E-state index contributed by atoms with van der Waals surface area (Å²) in [4.78, 5) is 16.0. The van der Waals surface area contributed by atoms with Crippen LogP contribution >= 0.6 is 0 Å². The molecule has 2 aromatic carbocycles. The Bertz CT molecular complexity index is 973. The smallest absolute Gasteiger partial charge is 0.211 e. The minimum absolute atomic E-state index is 0.00311. The van der Waals surface area contributed by atoms with Crippen LogP contribution in [0.1, 0.15) is 0 Å². The van der Waals surface area contributed by atoms with Crippen molar-refractivity contribution in [1.29, 1.82) is 0 Å². The predicted octanol–water partition coefficient (Wildman–Crippen LogP) is 4.38. The molecule has 0 fully saturated rings. The highest BCUT2D eigenvalue weighted by atomic mass is 16.1. The van der Waals surface area contributed by atoms with Crippen LogP contribution < -0.4 is 10.7 Å². The number of hydrogen-bond acceptors (Lipinski definition) is 2. The Morgan fingerprint density at radius 1 is 0.818 bits per heavy atom. The Hall–Kier alpha value is -3.07. The molecule has 0 atom stereocenters. The molecule has 1 aliphatic carbocycles. The molecular weight excluding hydrogens is 272 g/mol. The molecule has 0 spiro atoms. The SMILES string of the molecule is O=c1c(Nc2ccccc2)ccc2[nH]c3ccccc3cc1-2. The molecule has 0 amide bonds. The lowest BCUT2D eigenvalue weighted by molar-refractivity contribution is 1.36. The van der Waals surface area contributed by atoms with Gasteiger partial charge in [-0.3, -0.25) is 4.79 Å². The minimum Gasteiger partial charge on any atom is -0.354 e. The van der Waals surface area contributed by atoms with Crippen LogP contribution in [0.5, 0.6) is 0 Å². The maximum atomic E-state index is 12.7. The van der Waals surface area contributed by atoms with Gasteiger partial charge < -0.3 is 10.3 Å². The summed E-state index contributed by atoms with van der Waals surface area (Å²) in [6, 6.07) is 23.4. The van der Waals surface area contributed by atoms with Crippen LogP contribution in [0.25, 0.3) is 22.2 Å². The van der Waals surface area contributed by atoms with Crippen molar-refractivity contribution in [2.75, 3.05) is 5.32 Å². The van der Waals surface area contributed by atoms with E-state index in [4.69, 9.17) is 0 Å². The first kappa shape index (κ1) is 12.7. The number of aromatic nitrogens is 1. The summed E-state index contributed by atoms with van der Waals surface area (Å²) in [6.07, 6.45) is 0. The summed E-state index contributed by atoms with van der Waals surface area (Å²) >= 11 is 0. The number of H-pyrrole nitrogens is 1. The Balaban J connectivity index is 1.88. The molecule has 0 saturated carbocycles. The summed E-state index contributed by atoms with van der Waals surface area (Å²) in [6.45, 7) is 0. The van der Waals surface area contributed by atoms with Gasteiger partial charge in [-0.15, -0.1) is 0 Å². The van der Waals surface area contributed by atoms with Gasteiger partial charge in [0.25, 0.3) is 0 Å². The maximum absolute atomic E-state index is 12.7. The zero-order valence-electron chi connectivity index (χ0n) is 11.8. The lowest BCUT2D eigenvalue weighted by Gasteiger charge is -2.11. The average molecular weight is 286 g/mol. The first-order valence-electron chi connectivity index (χ1n) is 7.18. The van der Waals surface area contributed by atoms with Gasteiger partial charge in [0.05, 0.1) is 5.69 Å². The van der Waals surface area contributed by atoms with Gasteiger partial charge in [-0.25, -0.2) is 0 Å². The highest BCUT2D eigenvalue weighted by Crippen LogP contribution is 2.24. The van der Waals surface area contributed by atoms with E-state index in [-0.39, 0.29) is 5.43 Å². The summed E-state index contributed by atoms with van der Waals surface area (Å²) in [7, 11) is 0. The summed E-state index contributed by atoms with van der Waals surface area (Å²) in [5, 5.41) is 4.22. The van der Waals surface area contributed by atoms with E-state index in [1.165, 1.54) is 0 Å². The van der Waals surface area contributed by atoms with Crippen molar-refractivity contribution in [2.45, 2.75) is 0 Å². The molecule has 22 heavy (non-hydrogen) atoms. The number of hydrogen-bond donors (Lipinski definition) is 2. The third-order valence-corrected chi connectivity index (χ3v) is 3.78. The number of para-hydroxylation sites is 2. The van der Waals surface area contributed by atoms with Crippen LogP contribution in [-0.2, 0) is 0 Å². The first-order valence-corrected chi connectivity index (χ1v) is 7.18. The zero-order valence-corrected chi connectivity index (χ0v) is 11.8. The van der Waals surface area contributed by atoms with Gasteiger partial charge in [0, 0.05) is 22.5 Å². The van der Waals surface area contributed by atoms with Crippen LogP contribution in [0.2, 0.25) is 0 Å². The van der Waals surface area contributed by atoms with Crippen molar-refractivity contribution in [1.82, 2.24) is 4.98 Å². The van der Waals surface area contributed by atoms with E-state index in [2.05, 4.69) is 10.3 Å². The van der Waals surface area contributed by atoms with E-state index in [9.17, 15) is 4.79 Å². The van der Waals surface area contributed by atoms with E-state index in [0.29, 0.717) is 11.3 Å². The van der Waals surface area contributed by atoms with Gasteiger partial charge in [-0.1, -0.05) is 36.4 Å². The van der Waals surface area contributed by atoms with Crippen molar-refractivity contribution in [3.63, 3.8) is 0 Å². The van der Waals surface area contributed by atoms with E-state index >= 15 is 0 Å². The fourth-order valence-electron chi connectivity index (χ4n) is 2.66. The topological polar surface area (TPSA) is 44.9 Å². The van der Waals surface area contributed by atoms with Crippen molar-refractivity contribution in [2.24, 2.45) is 0 Å². The van der Waals surface area contributed by atoms with E-state index in [1.54, 1.807) is 0 Å². The number of rotatable bonds is 2. The predicted molar refractivity (Wildman–Crippen MR) is 90.9 cm³/mol. The number of anilines is 2. The molecule has 0 saturated heterocycles. The van der Waals surface area contributed by atoms with Crippen LogP contribution in [0.3, 0.4) is 0 Å². The Morgan fingerprint density at radius 2 is 1.59 bits per heavy atom. The lowest BCUT2D eigenvalue weighted by Crippen LogP contribution is -2.11. The Morgan fingerprint density at radius 3 is 2.45 bits per heavy atom. The van der Waals surface area contributed by atoms with Crippen molar-refractivity contribution in [3.8, 4) is 11.3 Å².